The summed E-state index contributed by atoms with van der Waals surface area (Å²) in [5.74, 6) is -1.99. The van der Waals surface area contributed by atoms with Crippen LogP contribution in [0.4, 0.5) is 0 Å². The van der Waals surface area contributed by atoms with Crippen molar-refractivity contribution in [3.63, 3.8) is 0 Å². The number of hydrogen-bond donors (Lipinski definition) is 2. The van der Waals surface area contributed by atoms with Gasteiger partial charge in [-0.25, -0.2) is 9.59 Å². The summed E-state index contributed by atoms with van der Waals surface area (Å²) in [6, 6.07) is 8.53. The molecule has 0 fully saturated rings. The maximum Gasteiger partial charge on any atom is 0.334 e. The molecule has 0 spiro atoms. The zero-order chi connectivity index (χ0) is 33.3. The van der Waals surface area contributed by atoms with E-state index in [4.69, 9.17) is 14.2 Å². The van der Waals surface area contributed by atoms with Gasteiger partial charge >= 0.3 is 17.9 Å². The SMILES string of the molecule is CCCCCCCCC=CCCCCCCCC(=O)OCC(CC)(COC(=O)C(C)O)COC(=O)C(C)O.c1ccc2c(c1)C2. The summed E-state index contributed by atoms with van der Waals surface area (Å²) < 4.78 is 15.7. The average molecular weight is 633 g/mol. The zero-order valence-electron chi connectivity index (χ0n) is 28.4. The van der Waals surface area contributed by atoms with E-state index >= 15 is 0 Å². The molecule has 0 saturated heterocycles. The summed E-state index contributed by atoms with van der Waals surface area (Å²) in [6.07, 6.45) is 19.2. The molecule has 0 heterocycles. The zero-order valence-corrected chi connectivity index (χ0v) is 28.4. The van der Waals surface area contributed by atoms with Crippen molar-refractivity contribution in [3.05, 3.63) is 47.5 Å². The van der Waals surface area contributed by atoms with E-state index in [1.807, 2.05) is 0 Å². The van der Waals surface area contributed by atoms with Crippen LogP contribution in [0, 0.1) is 5.41 Å². The van der Waals surface area contributed by atoms with Crippen LogP contribution < -0.4 is 0 Å². The first kappa shape index (κ1) is 40.3. The number of aliphatic hydroxyl groups excluding tert-OH is 2. The molecule has 0 bridgehead atoms. The molecule has 2 atom stereocenters. The van der Waals surface area contributed by atoms with E-state index in [1.54, 1.807) is 6.92 Å². The molecule has 1 aromatic rings. The number of fused-ring (bicyclic) bond motifs is 1. The van der Waals surface area contributed by atoms with Gasteiger partial charge in [-0.1, -0.05) is 102 Å². The van der Waals surface area contributed by atoms with Crippen molar-refractivity contribution in [3.8, 4) is 0 Å². The molecule has 1 aliphatic carbocycles. The van der Waals surface area contributed by atoms with Crippen molar-refractivity contribution in [2.24, 2.45) is 5.41 Å². The normalized spacial score (nSPS) is 14.4. The molecule has 256 valence electrons. The Morgan fingerprint density at radius 1 is 0.711 bits per heavy atom. The highest BCUT2D eigenvalue weighted by molar-refractivity contribution is 5.74. The van der Waals surface area contributed by atoms with Crippen LogP contribution in [0.3, 0.4) is 0 Å². The second-order valence-corrected chi connectivity index (χ2v) is 12.4. The van der Waals surface area contributed by atoms with Crippen molar-refractivity contribution in [2.75, 3.05) is 19.8 Å². The highest BCUT2D eigenvalue weighted by atomic mass is 16.6. The minimum Gasteiger partial charge on any atom is -0.465 e. The average Bonchev–Trinajstić information content (AvgIpc) is 3.83. The Morgan fingerprint density at radius 3 is 1.60 bits per heavy atom. The lowest BCUT2D eigenvalue weighted by atomic mass is 9.88. The Morgan fingerprint density at radius 2 is 1.16 bits per heavy atom. The highest BCUT2D eigenvalue weighted by Gasteiger charge is 2.35. The molecule has 0 aliphatic heterocycles. The molecular weight excluding hydrogens is 572 g/mol. The van der Waals surface area contributed by atoms with E-state index in [1.165, 1.54) is 76.3 Å². The molecule has 8 nitrogen and oxygen atoms in total. The third kappa shape index (κ3) is 20.1. The number of rotatable bonds is 24. The first-order valence-electron chi connectivity index (χ1n) is 17.2. The van der Waals surface area contributed by atoms with Crippen LogP contribution in [0.5, 0.6) is 0 Å². The summed E-state index contributed by atoms with van der Waals surface area (Å²) >= 11 is 0. The smallest absolute Gasteiger partial charge is 0.334 e. The number of unbranched alkanes of at least 4 members (excludes halogenated alkanes) is 11. The summed E-state index contributed by atoms with van der Waals surface area (Å²) in [6.45, 7) is 6.13. The summed E-state index contributed by atoms with van der Waals surface area (Å²) in [5.41, 5.74) is 2.10. The number of carbonyl (C=O) groups excluding carboxylic acids is 3. The minimum atomic E-state index is -1.30. The molecule has 2 rings (SSSR count). The molecule has 8 heteroatoms. The third-order valence-corrected chi connectivity index (χ3v) is 8.03. The monoisotopic (exact) mass is 632 g/mol. The quantitative estimate of drug-likeness (QED) is 0.0532. The largest absolute Gasteiger partial charge is 0.465 e. The van der Waals surface area contributed by atoms with Crippen molar-refractivity contribution in [2.45, 2.75) is 143 Å². The Hall–Kier alpha value is -2.71. The molecule has 45 heavy (non-hydrogen) atoms. The number of hydrogen-bond acceptors (Lipinski definition) is 8. The van der Waals surface area contributed by atoms with E-state index in [-0.39, 0.29) is 25.8 Å². The van der Waals surface area contributed by atoms with Crippen LogP contribution in [-0.4, -0.2) is 60.1 Å². The van der Waals surface area contributed by atoms with Crippen molar-refractivity contribution in [1.82, 2.24) is 0 Å². The summed E-state index contributed by atoms with van der Waals surface area (Å²) in [4.78, 5) is 35.8. The number of aliphatic hydroxyl groups is 2. The predicted molar refractivity (Wildman–Crippen MR) is 178 cm³/mol. The maximum atomic E-state index is 12.3. The van der Waals surface area contributed by atoms with Crippen LogP contribution in [-0.2, 0) is 35.0 Å². The molecule has 2 unspecified atom stereocenters. The molecule has 1 aliphatic rings. The fourth-order valence-corrected chi connectivity index (χ4v) is 4.60. The topological polar surface area (TPSA) is 119 Å². The first-order chi connectivity index (χ1) is 21.6. The van der Waals surface area contributed by atoms with Crippen LogP contribution in [0.2, 0.25) is 0 Å². The van der Waals surface area contributed by atoms with E-state index in [2.05, 4.69) is 43.3 Å². The Kier molecular flexibility index (Phi) is 22.0. The second-order valence-electron chi connectivity index (χ2n) is 12.4. The third-order valence-electron chi connectivity index (χ3n) is 8.03. The van der Waals surface area contributed by atoms with Crippen LogP contribution in [0.1, 0.15) is 135 Å². The fraction of sp³-hybridized carbons (Fsp3) is 0.703. The molecule has 1 aromatic carbocycles. The van der Waals surface area contributed by atoms with Gasteiger partial charge in [0.1, 0.15) is 32.0 Å². The van der Waals surface area contributed by atoms with Crippen molar-refractivity contribution in [1.29, 1.82) is 0 Å². The number of esters is 3. The van der Waals surface area contributed by atoms with E-state index < -0.39 is 29.6 Å². The Labute approximate surface area is 271 Å². The van der Waals surface area contributed by atoms with Crippen LogP contribution in [0.25, 0.3) is 0 Å². The highest BCUT2D eigenvalue weighted by Crippen LogP contribution is 2.26. The lowest BCUT2D eigenvalue weighted by molar-refractivity contribution is -0.169. The van der Waals surface area contributed by atoms with Gasteiger partial charge in [0, 0.05) is 6.42 Å². The second kappa shape index (κ2) is 24.5. The van der Waals surface area contributed by atoms with Gasteiger partial charge < -0.3 is 24.4 Å². The number of allylic oxidation sites excluding steroid dienone is 2. The molecule has 2 N–H and O–H groups in total. The minimum absolute atomic E-state index is 0.104. The van der Waals surface area contributed by atoms with E-state index in [0.29, 0.717) is 12.8 Å². The van der Waals surface area contributed by atoms with Gasteiger partial charge in [-0.2, -0.15) is 0 Å². The Balaban J connectivity index is 0.00000124. The number of ether oxygens (including phenoxy) is 3. The van der Waals surface area contributed by atoms with E-state index in [9.17, 15) is 24.6 Å². The molecule has 0 aromatic heterocycles. The van der Waals surface area contributed by atoms with E-state index in [0.717, 1.165) is 38.5 Å². The summed E-state index contributed by atoms with van der Waals surface area (Å²) in [7, 11) is 0. The van der Waals surface area contributed by atoms with Gasteiger partial charge in [0.2, 0.25) is 0 Å². The van der Waals surface area contributed by atoms with Gasteiger partial charge in [0.05, 0.1) is 5.41 Å². The molecule has 0 amide bonds. The van der Waals surface area contributed by atoms with Gasteiger partial charge in [-0.15, -0.1) is 0 Å². The van der Waals surface area contributed by atoms with Crippen molar-refractivity contribution >= 4 is 17.9 Å². The van der Waals surface area contributed by atoms with Gasteiger partial charge in [-0.3, -0.25) is 4.79 Å². The fourth-order valence-electron chi connectivity index (χ4n) is 4.60. The molecule has 0 radical (unpaired) electrons. The maximum absolute atomic E-state index is 12.3. The van der Waals surface area contributed by atoms with Gasteiger partial charge in [0.15, 0.2) is 0 Å². The number of benzene rings is 1. The summed E-state index contributed by atoms with van der Waals surface area (Å²) in [5, 5.41) is 18.8. The lowest BCUT2D eigenvalue weighted by Gasteiger charge is -2.31. The number of carbonyl (C=O) groups is 3. The molecule has 0 saturated carbocycles. The van der Waals surface area contributed by atoms with Gasteiger partial charge in [-0.05, 0) is 69.9 Å². The first-order valence-corrected chi connectivity index (χ1v) is 17.2. The Bertz CT molecular complexity index is 939. The van der Waals surface area contributed by atoms with Crippen LogP contribution in [0.15, 0.2) is 36.4 Å². The van der Waals surface area contributed by atoms with Gasteiger partial charge in [0.25, 0.3) is 0 Å². The predicted octanol–water partition coefficient (Wildman–Crippen LogP) is 7.40. The lowest BCUT2D eigenvalue weighted by Crippen LogP contribution is -2.40. The standard InChI is InChI=1S/C30H54O8.C7H6/c1-5-7-8-9-10-11-12-13-14-15-16-17-18-19-20-21-27(33)36-22-30(6-2,23-37-28(34)25(3)31)24-38-29(35)26(4)32;1-2-4-7-5-6(7)3-1/h13-14,25-26,31-32H,5-12,15-24H2,1-4H3;1-4H,5H2. The van der Waals surface area contributed by atoms with Crippen molar-refractivity contribution < 1.29 is 38.8 Å². The molecular formula is C37H60O8. The van der Waals surface area contributed by atoms with Crippen LogP contribution >= 0.6 is 0 Å².